The fourth-order valence-corrected chi connectivity index (χ4v) is 3.80. The molecular formula is C26H36FN3O2. The van der Waals surface area contributed by atoms with Gasteiger partial charge in [0.25, 0.3) is 0 Å². The first-order valence-corrected chi connectivity index (χ1v) is 11.6. The van der Waals surface area contributed by atoms with E-state index in [2.05, 4.69) is 31.1 Å². The summed E-state index contributed by atoms with van der Waals surface area (Å²) in [4.78, 5) is 17.3. The van der Waals surface area contributed by atoms with Crippen LogP contribution < -0.4 is 10.1 Å². The molecule has 6 heteroatoms. The lowest BCUT2D eigenvalue weighted by atomic mass is 10.0. The molecule has 0 aromatic heterocycles. The Morgan fingerprint density at radius 2 is 1.75 bits per heavy atom. The summed E-state index contributed by atoms with van der Waals surface area (Å²) in [5.74, 6) is 1.12. The molecule has 0 saturated carbocycles. The highest BCUT2D eigenvalue weighted by molar-refractivity contribution is 5.74. The summed E-state index contributed by atoms with van der Waals surface area (Å²) < 4.78 is 19.1. The third-order valence-corrected chi connectivity index (χ3v) is 6.25. The lowest BCUT2D eigenvalue weighted by molar-refractivity contribution is 0.127. The van der Waals surface area contributed by atoms with Crippen molar-refractivity contribution in [2.45, 2.75) is 52.2 Å². The molecule has 2 aromatic carbocycles. The van der Waals surface area contributed by atoms with Crippen molar-refractivity contribution in [3.63, 3.8) is 0 Å². The van der Waals surface area contributed by atoms with Crippen LogP contribution in [-0.2, 0) is 13.1 Å². The van der Waals surface area contributed by atoms with E-state index in [0.717, 1.165) is 49.2 Å². The molecule has 1 fully saturated rings. The van der Waals surface area contributed by atoms with E-state index in [-0.39, 0.29) is 17.9 Å². The highest BCUT2D eigenvalue weighted by Crippen LogP contribution is 2.20. The van der Waals surface area contributed by atoms with Crippen LogP contribution in [0.3, 0.4) is 0 Å². The van der Waals surface area contributed by atoms with Gasteiger partial charge in [0.1, 0.15) is 11.6 Å². The van der Waals surface area contributed by atoms with Gasteiger partial charge in [-0.1, -0.05) is 44.5 Å². The first kappa shape index (κ1) is 24.1. The summed E-state index contributed by atoms with van der Waals surface area (Å²) in [5.41, 5.74) is 1.96. The molecule has 0 radical (unpaired) electrons. The van der Waals surface area contributed by atoms with Gasteiger partial charge in [0.05, 0.1) is 6.61 Å². The average Bonchev–Trinajstić information content (AvgIpc) is 2.82. The summed E-state index contributed by atoms with van der Waals surface area (Å²) >= 11 is 0. The largest absolute Gasteiger partial charge is 0.493 e. The van der Waals surface area contributed by atoms with Crippen molar-refractivity contribution < 1.29 is 13.9 Å². The first-order chi connectivity index (χ1) is 15.4. The third-order valence-electron chi connectivity index (χ3n) is 6.25. The quantitative estimate of drug-likeness (QED) is 0.592. The molecule has 2 aromatic rings. The molecule has 5 nitrogen and oxygen atoms in total. The van der Waals surface area contributed by atoms with Crippen molar-refractivity contribution in [1.29, 1.82) is 0 Å². The van der Waals surface area contributed by atoms with Crippen molar-refractivity contribution in [1.82, 2.24) is 15.1 Å². The molecular weight excluding hydrogens is 405 g/mol. The fourth-order valence-electron chi connectivity index (χ4n) is 3.80. The number of carbonyl (C=O) groups is 1. The van der Waals surface area contributed by atoms with Crippen LogP contribution in [0.25, 0.3) is 0 Å². The molecule has 1 unspecified atom stereocenters. The number of likely N-dealkylation sites (tertiary alicyclic amines) is 1. The Morgan fingerprint density at radius 1 is 1.12 bits per heavy atom. The number of nitrogens with zero attached hydrogens (tertiary/aromatic N) is 2. The van der Waals surface area contributed by atoms with E-state index in [1.165, 1.54) is 12.1 Å². The lowest BCUT2D eigenvalue weighted by Gasteiger charge is -2.37. The van der Waals surface area contributed by atoms with Crippen LogP contribution in [0.2, 0.25) is 0 Å². The Kier molecular flexibility index (Phi) is 8.91. The van der Waals surface area contributed by atoms with Crippen LogP contribution >= 0.6 is 0 Å². The van der Waals surface area contributed by atoms with Gasteiger partial charge in [0, 0.05) is 19.1 Å². The van der Waals surface area contributed by atoms with E-state index in [0.29, 0.717) is 25.6 Å². The number of amides is 2. The van der Waals surface area contributed by atoms with Crippen molar-refractivity contribution in [2.24, 2.45) is 5.92 Å². The van der Waals surface area contributed by atoms with Crippen molar-refractivity contribution in [3.05, 3.63) is 65.5 Å². The maximum absolute atomic E-state index is 13.3. The molecule has 0 bridgehead atoms. The number of benzene rings is 2. The zero-order chi connectivity index (χ0) is 22.9. The fraction of sp³-hybridized carbons (Fsp3) is 0.500. The summed E-state index contributed by atoms with van der Waals surface area (Å²) in [5, 5.41) is 3.08. The number of ether oxygens (including phenoxy) is 1. The van der Waals surface area contributed by atoms with E-state index in [4.69, 9.17) is 4.74 Å². The van der Waals surface area contributed by atoms with Crippen LogP contribution in [-0.4, -0.2) is 48.6 Å². The molecule has 3 rings (SSSR count). The minimum atomic E-state index is -0.263. The van der Waals surface area contributed by atoms with Gasteiger partial charge in [-0.05, 0) is 74.3 Å². The summed E-state index contributed by atoms with van der Waals surface area (Å²) in [6.07, 6.45) is 2.97. The number of piperidine rings is 1. The Hall–Kier alpha value is -2.60. The second-order valence-electron chi connectivity index (χ2n) is 8.92. The molecule has 1 aliphatic heterocycles. The van der Waals surface area contributed by atoms with Gasteiger partial charge in [0.2, 0.25) is 0 Å². The highest BCUT2D eigenvalue weighted by Gasteiger charge is 2.27. The van der Waals surface area contributed by atoms with Gasteiger partial charge in [-0.15, -0.1) is 0 Å². The number of carbonyl (C=O) groups excluding carboxylic acids is 1. The predicted molar refractivity (Wildman–Crippen MR) is 126 cm³/mol. The molecule has 0 aliphatic carbocycles. The van der Waals surface area contributed by atoms with Crippen LogP contribution in [0.15, 0.2) is 48.5 Å². The smallest absolute Gasteiger partial charge is 0.318 e. The molecule has 1 N–H and O–H groups in total. The first-order valence-electron chi connectivity index (χ1n) is 11.6. The van der Waals surface area contributed by atoms with Gasteiger partial charge in [-0.3, -0.25) is 0 Å². The third kappa shape index (κ3) is 7.23. The minimum absolute atomic E-state index is 0.0824. The molecule has 0 spiro atoms. The molecule has 1 heterocycles. The van der Waals surface area contributed by atoms with Crippen LogP contribution in [0, 0.1) is 11.7 Å². The van der Waals surface area contributed by atoms with E-state index in [1.807, 2.05) is 29.2 Å². The molecule has 32 heavy (non-hydrogen) atoms. The maximum atomic E-state index is 13.3. The van der Waals surface area contributed by atoms with Crippen molar-refractivity contribution in [3.8, 4) is 5.75 Å². The Morgan fingerprint density at radius 3 is 2.38 bits per heavy atom. The number of rotatable bonds is 9. The second-order valence-corrected chi connectivity index (χ2v) is 8.92. The highest BCUT2D eigenvalue weighted by atomic mass is 19.1. The van der Waals surface area contributed by atoms with Crippen LogP contribution in [0.5, 0.6) is 5.75 Å². The number of nitrogens with one attached hydrogen (secondary N) is 1. The van der Waals surface area contributed by atoms with E-state index in [1.54, 1.807) is 12.1 Å². The zero-order valence-electron chi connectivity index (χ0n) is 19.5. The summed E-state index contributed by atoms with van der Waals surface area (Å²) in [7, 11) is 2.11. The Balaban J connectivity index is 1.59. The lowest BCUT2D eigenvalue weighted by Crippen LogP contribution is -2.49. The van der Waals surface area contributed by atoms with Gasteiger partial charge < -0.3 is 19.9 Å². The monoisotopic (exact) mass is 441 g/mol. The molecule has 1 atom stereocenters. The number of halogens is 1. The molecule has 1 saturated heterocycles. The Bertz CT molecular complexity index is 833. The number of urea groups is 1. The van der Waals surface area contributed by atoms with E-state index >= 15 is 0 Å². The zero-order valence-corrected chi connectivity index (χ0v) is 19.5. The van der Waals surface area contributed by atoms with Crippen LogP contribution in [0.4, 0.5) is 9.18 Å². The number of hydrogen-bond donors (Lipinski definition) is 1. The summed E-state index contributed by atoms with van der Waals surface area (Å²) in [6, 6.07) is 14.4. The SMILES string of the molecule is CCC(C)COc1ccc(CNC(=O)N(Cc2ccc(F)cc2)C2CCN(C)CC2)cc1. The number of hydrogen-bond acceptors (Lipinski definition) is 3. The minimum Gasteiger partial charge on any atom is -0.493 e. The molecule has 174 valence electrons. The molecule has 1 aliphatic rings. The van der Waals surface area contributed by atoms with Gasteiger partial charge in [-0.2, -0.15) is 0 Å². The van der Waals surface area contributed by atoms with Crippen molar-refractivity contribution in [2.75, 3.05) is 26.7 Å². The van der Waals surface area contributed by atoms with E-state index in [9.17, 15) is 9.18 Å². The normalized spacial score (nSPS) is 15.9. The van der Waals surface area contributed by atoms with Crippen molar-refractivity contribution >= 4 is 6.03 Å². The van der Waals surface area contributed by atoms with Gasteiger partial charge >= 0.3 is 6.03 Å². The molecule has 2 amide bonds. The summed E-state index contributed by atoms with van der Waals surface area (Å²) in [6.45, 7) is 7.91. The van der Waals surface area contributed by atoms with Crippen LogP contribution in [0.1, 0.15) is 44.2 Å². The standard InChI is InChI=1S/C26H36FN3O2/c1-4-20(2)19-32-25-11-7-21(8-12-25)17-28-26(31)30(24-13-15-29(3)16-14-24)18-22-5-9-23(27)10-6-22/h5-12,20,24H,4,13-19H2,1-3H3,(H,28,31). The topological polar surface area (TPSA) is 44.8 Å². The second kappa shape index (κ2) is 11.9. The van der Waals surface area contributed by atoms with Gasteiger partial charge in [0.15, 0.2) is 0 Å². The predicted octanol–water partition coefficient (Wildman–Crippen LogP) is 5.06. The van der Waals surface area contributed by atoms with E-state index < -0.39 is 0 Å². The van der Waals surface area contributed by atoms with Gasteiger partial charge in [-0.25, -0.2) is 9.18 Å². The average molecular weight is 442 g/mol. The maximum Gasteiger partial charge on any atom is 0.318 e. The Labute approximate surface area is 191 Å².